The van der Waals surface area contributed by atoms with E-state index in [0.717, 1.165) is 35.5 Å². The van der Waals surface area contributed by atoms with E-state index in [1.54, 1.807) is 23.1 Å². The molecule has 0 fully saturated rings. The van der Waals surface area contributed by atoms with Crippen LogP contribution >= 0.6 is 11.3 Å². The van der Waals surface area contributed by atoms with E-state index in [9.17, 15) is 13.2 Å². The van der Waals surface area contributed by atoms with Crippen LogP contribution in [0.15, 0.2) is 41.3 Å². The van der Waals surface area contributed by atoms with E-state index in [2.05, 4.69) is 29.8 Å². The van der Waals surface area contributed by atoms with Gasteiger partial charge in [-0.1, -0.05) is 48.9 Å². The highest BCUT2D eigenvalue weighted by atomic mass is 32.2. The molecule has 0 N–H and O–H groups in total. The van der Waals surface area contributed by atoms with Crippen LogP contribution in [-0.4, -0.2) is 56.6 Å². The molecule has 1 amide bonds. The summed E-state index contributed by atoms with van der Waals surface area (Å²) in [5.41, 5.74) is 3.98. The fourth-order valence-electron chi connectivity index (χ4n) is 3.65. The Bertz CT molecular complexity index is 1210. The minimum absolute atomic E-state index is 0.00787. The van der Waals surface area contributed by atoms with Gasteiger partial charge in [0.05, 0.1) is 21.5 Å². The largest absolute Gasteiger partial charge is 0.302 e. The molecule has 172 valence electrons. The average molecular weight is 474 g/mol. The first-order chi connectivity index (χ1) is 15.1. The Kier molecular flexibility index (Phi) is 7.69. The summed E-state index contributed by atoms with van der Waals surface area (Å²) in [6, 6.07) is 11.1. The van der Waals surface area contributed by atoms with Crippen molar-refractivity contribution in [2.45, 2.75) is 39.0 Å². The first-order valence-electron chi connectivity index (χ1n) is 10.8. The van der Waals surface area contributed by atoms with Gasteiger partial charge in [0.15, 0.2) is 15.0 Å². The predicted molar refractivity (Wildman–Crippen MR) is 132 cm³/mol. The molecule has 3 rings (SSSR count). The van der Waals surface area contributed by atoms with Crippen LogP contribution in [0.4, 0.5) is 5.13 Å². The molecular weight excluding hydrogens is 442 g/mol. The van der Waals surface area contributed by atoms with E-state index in [-0.39, 0.29) is 10.8 Å². The summed E-state index contributed by atoms with van der Waals surface area (Å²) in [6.45, 7) is 11.4. The quantitative estimate of drug-likeness (QED) is 0.465. The summed E-state index contributed by atoms with van der Waals surface area (Å²) >= 11 is 1.36. The number of likely N-dealkylation sites (N-methyl/N-ethyl adjacent to an activating group) is 1. The van der Waals surface area contributed by atoms with Crippen LogP contribution < -0.4 is 4.90 Å². The zero-order valence-corrected chi connectivity index (χ0v) is 21.0. The van der Waals surface area contributed by atoms with Gasteiger partial charge in [-0.15, -0.1) is 0 Å². The Morgan fingerprint density at radius 2 is 1.75 bits per heavy atom. The second-order valence-electron chi connectivity index (χ2n) is 8.08. The number of amides is 1. The van der Waals surface area contributed by atoms with Gasteiger partial charge in [-0.05, 0) is 56.3 Å². The van der Waals surface area contributed by atoms with Crippen molar-refractivity contribution in [2.24, 2.45) is 0 Å². The number of hydrogen-bond donors (Lipinski definition) is 0. The third-order valence-corrected chi connectivity index (χ3v) is 7.83. The molecule has 0 saturated heterocycles. The summed E-state index contributed by atoms with van der Waals surface area (Å²) < 4.78 is 24.6. The molecule has 0 spiro atoms. The van der Waals surface area contributed by atoms with Gasteiger partial charge in [0.2, 0.25) is 5.91 Å². The zero-order chi connectivity index (χ0) is 23.5. The molecule has 8 heteroatoms. The smallest absolute Gasteiger partial charge is 0.233 e. The minimum atomic E-state index is -3.31. The number of hydrogen-bond acceptors (Lipinski definition) is 6. The lowest BCUT2D eigenvalue weighted by Crippen LogP contribution is -2.39. The second kappa shape index (κ2) is 10.1. The third kappa shape index (κ3) is 5.74. The molecule has 1 aromatic heterocycles. The Balaban J connectivity index is 1.95. The predicted octanol–water partition coefficient (Wildman–Crippen LogP) is 4.23. The number of aromatic nitrogens is 1. The Morgan fingerprint density at radius 3 is 2.38 bits per heavy atom. The lowest BCUT2D eigenvalue weighted by Gasteiger charge is -2.25. The molecule has 1 heterocycles. The van der Waals surface area contributed by atoms with Gasteiger partial charge in [0.25, 0.3) is 0 Å². The highest BCUT2D eigenvalue weighted by Gasteiger charge is 2.22. The van der Waals surface area contributed by atoms with Crippen LogP contribution in [0.5, 0.6) is 0 Å². The highest BCUT2D eigenvalue weighted by Crippen LogP contribution is 2.31. The van der Waals surface area contributed by atoms with Crippen LogP contribution in [0.1, 0.15) is 30.5 Å². The highest BCUT2D eigenvalue weighted by molar-refractivity contribution is 7.90. The Labute approximate surface area is 194 Å². The Morgan fingerprint density at radius 1 is 1.03 bits per heavy atom. The van der Waals surface area contributed by atoms with Crippen LogP contribution in [0, 0.1) is 13.8 Å². The van der Waals surface area contributed by atoms with Gasteiger partial charge >= 0.3 is 0 Å². The lowest BCUT2D eigenvalue weighted by atomic mass is 10.0. The molecule has 0 aliphatic rings. The number of rotatable bonds is 9. The SMILES string of the molecule is CCN(CC)CCN(C(=O)Cc1ccc(C)cc1C)c1nc2ccc(S(C)(=O)=O)cc2s1. The summed E-state index contributed by atoms with van der Waals surface area (Å²) in [5.74, 6) is -0.00787. The van der Waals surface area contributed by atoms with Gasteiger partial charge in [-0.25, -0.2) is 13.4 Å². The molecule has 0 saturated carbocycles. The molecule has 0 radical (unpaired) electrons. The van der Waals surface area contributed by atoms with Crippen molar-refractivity contribution in [3.8, 4) is 0 Å². The number of benzene rings is 2. The van der Waals surface area contributed by atoms with E-state index in [1.807, 2.05) is 26.0 Å². The molecule has 3 aromatic rings. The number of fused-ring (bicyclic) bond motifs is 1. The molecule has 0 atom stereocenters. The molecule has 0 aliphatic heterocycles. The van der Waals surface area contributed by atoms with E-state index in [4.69, 9.17) is 0 Å². The van der Waals surface area contributed by atoms with Gasteiger partial charge in [-0.2, -0.15) is 0 Å². The van der Waals surface area contributed by atoms with Crippen LogP contribution in [0.2, 0.25) is 0 Å². The van der Waals surface area contributed by atoms with Gasteiger partial charge in [0.1, 0.15) is 0 Å². The first kappa shape index (κ1) is 24.4. The van der Waals surface area contributed by atoms with Crippen LogP contribution in [0.3, 0.4) is 0 Å². The van der Waals surface area contributed by atoms with Crippen molar-refractivity contribution in [1.29, 1.82) is 0 Å². The van der Waals surface area contributed by atoms with E-state index in [1.165, 1.54) is 23.2 Å². The standard InChI is InChI=1S/C24H31N3O3S2/c1-6-26(7-2)12-13-27(23(28)15-19-9-8-17(3)14-18(19)4)24-25-21-11-10-20(32(5,29)30)16-22(21)31-24/h8-11,14,16H,6-7,12-13,15H2,1-5H3. The minimum Gasteiger partial charge on any atom is -0.302 e. The van der Waals surface area contributed by atoms with Crippen molar-refractivity contribution < 1.29 is 13.2 Å². The molecule has 0 unspecified atom stereocenters. The maximum Gasteiger partial charge on any atom is 0.233 e. The fraction of sp³-hybridized carbons (Fsp3) is 0.417. The summed E-state index contributed by atoms with van der Waals surface area (Å²) in [5, 5.41) is 0.604. The van der Waals surface area contributed by atoms with E-state index in [0.29, 0.717) is 23.6 Å². The van der Waals surface area contributed by atoms with Crippen LogP contribution in [-0.2, 0) is 21.1 Å². The first-order valence-corrected chi connectivity index (χ1v) is 13.5. The van der Waals surface area contributed by atoms with Crippen molar-refractivity contribution in [1.82, 2.24) is 9.88 Å². The monoisotopic (exact) mass is 473 g/mol. The van der Waals surface area contributed by atoms with Gasteiger partial charge in [-0.3, -0.25) is 9.69 Å². The van der Waals surface area contributed by atoms with Crippen LogP contribution in [0.25, 0.3) is 10.2 Å². The number of sulfone groups is 1. The number of nitrogens with zero attached hydrogens (tertiary/aromatic N) is 3. The van der Waals surface area contributed by atoms with Gasteiger partial charge < -0.3 is 4.90 Å². The topological polar surface area (TPSA) is 70.6 Å². The molecule has 2 aromatic carbocycles. The summed E-state index contributed by atoms with van der Waals surface area (Å²) in [4.78, 5) is 22.4. The Hall–Kier alpha value is -2.29. The lowest BCUT2D eigenvalue weighted by molar-refractivity contribution is -0.118. The van der Waals surface area contributed by atoms with E-state index >= 15 is 0 Å². The zero-order valence-electron chi connectivity index (χ0n) is 19.4. The molecular formula is C24H31N3O3S2. The summed E-state index contributed by atoms with van der Waals surface area (Å²) in [6.07, 6.45) is 1.49. The van der Waals surface area contributed by atoms with Crippen molar-refractivity contribution in [3.63, 3.8) is 0 Å². The number of thiazole rings is 1. The maximum atomic E-state index is 13.4. The molecule has 6 nitrogen and oxygen atoms in total. The number of anilines is 1. The van der Waals surface area contributed by atoms with Gasteiger partial charge in [0, 0.05) is 19.3 Å². The maximum absolute atomic E-state index is 13.4. The average Bonchev–Trinajstić information content (AvgIpc) is 3.15. The third-order valence-electron chi connectivity index (χ3n) is 5.68. The fourth-order valence-corrected chi connectivity index (χ4v) is 5.42. The second-order valence-corrected chi connectivity index (χ2v) is 11.1. The van der Waals surface area contributed by atoms with Crippen molar-refractivity contribution in [2.75, 3.05) is 37.3 Å². The number of aryl methyl sites for hydroxylation is 2. The normalized spacial score (nSPS) is 11.9. The molecule has 32 heavy (non-hydrogen) atoms. The van der Waals surface area contributed by atoms with E-state index < -0.39 is 9.84 Å². The number of carbonyl (C=O) groups is 1. The number of carbonyl (C=O) groups excluding carboxylic acids is 1. The molecule has 0 aliphatic carbocycles. The molecule has 0 bridgehead atoms. The summed E-state index contributed by atoms with van der Waals surface area (Å²) in [7, 11) is -3.31. The van der Waals surface area contributed by atoms with Crippen molar-refractivity contribution in [3.05, 3.63) is 53.1 Å². The van der Waals surface area contributed by atoms with Crippen molar-refractivity contribution >= 4 is 42.4 Å².